The van der Waals surface area contributed by atoms with E-state index < -0.39 is 5.97 Å². The van der Waals surface area contributed by atoms with Crippen molar-refractivity contribution in [3.05, 3.63) is 0 Å². The van der Waals surface area contributed by atoms with Gasteiger partial charge in [0.1, 0.15) is 0 Å². The summed E-state index contributed by atoms with van der Waals surface area (Å²) in [6.07, 6.45) is 1.82. The maximum atomic E-state index is 10.5. The van der Waals surface area contributed by atoms with Crippen molar-refractivity contribution in [1.82, 2.24) is 0 Å². The molecule has 0 saturated heterocycles. The van der Waals surface area contributed by atoms with Crippen molar-refractivity contribution in [3.63, 3.8) is 0 Å². The zero-order valence-corrected chi connectivity index (χ0v) is 6.08. The molecule has 0 radical (unpaired) electrons. The third kappa shape index (κ3) is 1.14. The Bertz CT molecular complexity index is 137. The average Bonchev–Trinajstić information content (AvgIpc) is 2.11. The SMILES string of the molecule is CC1CC[C@H](N)[C@@H]1C(=O)O. The Morgan fingerprint density at radius 2 is 2.20 bits per heavy atom. The van der Waals surface area contributed by atoms with Crippen LogP contribution in [0.1, 0.15) is 19.8 Å². The molecule has 1 unspecified atom stereocenters. The first-order valence-corrected chi connectivity index (χ1v) is 3.61. The number of carbonyl (C=O) groups is 1. The maximum absolute atomic E-state index is 10.5. The number of hydrogen-bond acceptors (Lipinski definition) is 2. The summed E-state index contributed by atoms with van der Waals surface area (Å²) in [7, 11) is 0. The van der Waals surface area contributed by atoms with Crippen molar-refractivity contribution in [3.8, 4) is 0 Å². The Morgan fingerprint density at radius 3 is 2.40 bits per heavy atom. The van der Waals surface area contributed by atoms with Crippen LogP contribution < -0.4 is 5.73 Å². The summed E-state index contributed by atoms with van der Waals surface area (Å²) >= 11 is 0. The first kappa shape index (κ1) is 7.54. The lowest BCUT2D eigenvalue weighted by atomic mass is 9.96. The van der Waals surface area contributed by atoms with E-state index in [9.17, 15) is 4.79 Å². The summed E-state index contributed by atoms with van der Waals surface area (Å²) in [5, 5.41) is 8.67. The van der Waals surface area contributed by atoms with Gasteiger partial charge in [0.05, 0.1) is 5.92 Å². The standard InChI is InChI=1S/C7H13NO2/c1-4-2-3-5(8)6(4)7(9)10/h4-6H,2-3,8H2,1H3,(H,9,10)/t4?,5-,6+/m0/s1. The predicted molar refractivity (Wildman–Crippen MR) is 37.5 cm³/mol. The Labute approximate surface area is 60.2 Å². The zero-order valence-electron chi connectivity index (χ0n) is 6.08. The van der Waals surface area contributed by atoms with Crippen molar-refractivity contribution in [2.45, 2.75) is 25.8 Å². The van der Waals surface area contributed by atoms with Gasteiger partial charge in [-0.05, 0) is 18.8 Å². The number of rotatable bonds is 1. The second kappa shape index (κ2) is 2.58. The van der Waals surface area contributed by atoms with E-state index in [1.165, 1.54) is 0 Å². The third-order valence-corrected chi connectivity index (χ3v) is 2.31. The largest absolute Gasteiger partial charge is 0.481 e. The number of hydrogen-bond donors (Lipinski definition) is 2. The molecule has 0 bridgehead atoms. The molecule has 0 heterocycles. The van der Waals surface area contributed by atoms with E-state index in [0.29, 0.717) is 0 Å². The molecule has 3 N–H and O–H groups in total. The van der Waals surface area contributed by atoms with Crippen molar-refractivity contribution in [2.24, 2.45) is 17.6 Å². The van der Waals surface area contributed by atoms with Gasteiger partial charge in [0, 0.05) is 6.04 Å². The van der Waals surface area contributed by atoms with Crippen molar-refractivity contribution >= 4 is 5.97 Å². The van der Waals surface area contributed by atoms with Crippen LogP contribution in [0.25, 0.3) is 0 Å². The predicted octanol–water partition coefficient (Wildman–Crippen LogP) is 0.444. The van der Waals surface area contributed by atoms with Gasteiger partial charge >= 0.3 is 5.97 Å². The quantitative estimate of drug-likeness (QED) is 0.560. The highest BCUT2D eigenvalue weighted by molar-refractivity contribution is 5.71. The smallest absolute Gasteiger partial charge is 0.308 e. The van der Waals surface area contributed by atoms with E-state index in [1.807, 2.05) is 6.92 Å². The Morgan fingerprint density at radius 1 is 1.60 bits per heavy atom. The van der Waals surface area contributed by atoms with Crippen LogP contribution in [-0.2, 0) is 4.79 Å². The molecule has 0 amide bonds. The van der Waals surface area contributed by atoms with Crippen LogP contribution in [0.4, 0.5) is 0 Å². The zero-order chi connectivity index (χ0) is 7.72. The summed E-state index contributed by atoms with van der Waals surface area (Å²) in [6, 6.07) is -0.118. The first-order valence-electron chi connectivity index (χ1n) is 3.61. The van der Waals surface area contributed by atoms with Crippen LogP contribution in [-0.4, -0.2) is 17.1 Å². The van der Waals surface area contributed by atoms with E-state index in [2.05, 4.69) is 0 Å². The molecule has 0 aliphatic heterocycles. The van der Waals surface area contributed by atoms with E-state index >= 15 is 0 Å². The van der Waals surface area contributed by atoms with Gasteiger partial charge in [-0.15, -0.1) is 0 Å². The van der Waals surface area contributed by atoms with Gasteiger partial charge in [-0.25, -0.2) is 0 Å². The summed E-state index contributed by atoms with van der Waals surface area (Å²) in [6.45, 7) is 1.95. The van der Waals surface area contributed by atoms with E-state index in [1.54, 1.807) is 0 Å². The summed E-state index contributed by atoms with van der Waals surface area (Å²) < 4.78 is 0. The molecule has 0 aromatic carbocycles. The number of nitrogens with two attached hydrogens (primary N) is 1. The van der Waals surface area contributed by atoms with Crippen molar-refractivity contribution < 1.29 is 9.90 Å². The van der Waals surface area contributed by atoms with Gasteiger partial charge in [-0.3, -0.25) is 4.79 Å². The summed E-state index contributed by atoms with van der Waals surface area (Å²) in [5.41, 5.74) is 5.59. The van der Waals surface area contributed by atoms with Crippen LogP contribution in [0.2, 0.25) is 0 Å². The lowest BCUT2D eigenvalue weighted by Gasteiger charge is -2.13. The molecule has 3 heteroatoms. The van der Waals surface area contributed by atoms with Crippen LogP contribution in [0.5, 0.6) is 0 Å². The highest BCUT2D eigenvalue weighted by Gasteiger charge is 2.35. The van der Waals surface area contributed by atoms with Crippen LogP contribution in [0.15, 0.2) is 0 Å². The normalized spacial score (nSPS) is 40.0. The molecule has 58 valence electrons. The fourth-order valence-corrected chi connectivity index (χ4v) is 1.66. The molecular formula is C7H13NO2. The monoisotopic (exact) mass is 143 g/mol. The molecule has 1 aliphatic carbocycles. The van der Waals surface area contributed by atoms with E-state index in [0.717, 1.165) is 12.8 Å². The minimum atomic E-state index is -0.738. The third-order valence-electron chi connectivity index (χ3n) is 2.31. The molecule has 3 atom stereocenters. The van der Waals surface area contributed by atoms with E-state index in [4.69, 9.17) is 10.8 Å². The average molecular weight is 143 g/mol. The lowest BCUT2D eigenvalue weighted by Crippen LogP contribution is -2.33. The molecule has 0 spiro atoms. The highest BCUT2D eigenvalue weighted by atomic mass is 16.4. The number of aliphatic carboxylic acids is 1. The van der Waals surface area contributed by atoms with Gasteiger partial charge in [0.15, 0.2) is 0 Å². The van der Waals surface area contributed by atoms with Crippen molar-refractivity contribution in [1.29, 1.82) is 0 Å². The Balaban J connectivity index is 2.63. The molecule has 1 fully saturated rings. The van der Waals surface area contributed by atoms with Crippen LogP contribution >= 0.6 is 0 Å². The van der Waals surface area contributed by atoms with Gasteiger partial charge < -0.3 is 10.8 Å². The number of carboxylic acid groups (broad SMARTS) is 1. The molecule has 0 aromatic rings. The summed E-state index contributed by atoms with van der Waals surface area (Å²) in [5.74, 6) is -0.787. The second-order valence-electron chi connectivity index (χ2n) is 3.08. The molecule has 3 nitrogen and oxygen atoms in total. The second-order valence-corrected chi connectivity index (χ2v) is 3.08. The molecular weight excluding hydrogens is 130 g/mol. The highest BCUT2D eigenvalue weighted by Crippen LogP contribution is 2.30. The molecule has 1 rings (SSSR count). The molecule has 10 heavy (non-hydrogen) atoms. The first-order chi connectivity index (χ1) is 4.63. The van der Waals surface area contributed by atoms with Crippen molar-refractivity contribution in [2.75, 3.05) is 0 Å². The van der Waals surface area contributed by atoms with Gasteiger partial charge in [-0.2, -0.15) is 0 Å². The fraction of sp³-hybridized carbons (Fsp3) is 0.857. The van der Waals surface area contributed by atoms with Crippen LogP contribution in [0, 0.1) is 11.8 Å². The Kier molecular flexibility index (Phi) is 1.94. The number of carboxylic acids is 1. The maximum Gasteiger partial charge on any atom is 0.308 e. The van der Waals surface area contributed by atoms with Gasteiger partial charge in [0.2, 0.25) is 0 Å². The molecule has 1 saturated carbocycles. The molecule has 1 aliphatic rings. The lowest BCUT2D eigenvalue weighted by molar-refractivity contribution is -0.143. The van der Waals surface area contributed by atoms with E-state index in [-0.39, 0.29) is 17.9 Å². The van der Waals surface area contributed by atoms with Crippen LogP contribution in [0.3, 0.4) is 0 Å². The minimum Gasteiger partial charge on any atom is -0.481 e. The topological polar surface area (TPSA) is 63.3 Å². The minimum absolute atomic E-state index is 0.118. The Hall–Kier alpha value is -0.570. The molecule has 0 aromatic heterocycles. The fourth-order valence-electron chi connectivity index (χ4n) is 1.66. The summed E-state index contributed by atoms with van der Waals surface area (Å²) in [4.78, 5) is 10.5. The van der Waals surface area contributed by atoms with Gasteiger partial charge in [0.25, 0.3) is 0 Å². The van der Waals surface area contributed by atoms with Gasteiger partial charge in [-0.1, -0.05) is 6.92 Å².